The minimum atomic E-state index is -5.93. The summed E-state index contributed by atoms with van der Waals surface area (Å²) in [6, 6.07) is 0. The first-order chi connectivity index (χ1) is 6.83. The predicted octanol–water partition coefficient (Wildman–Crippen LogP) is 4.66. The van der Waals surface area contributed by atoms with Gasteiger partial charge in [-0.25, -0.2) is 0 Å². The molecule has 1 rings (SSSR count). The minimum absolute atomic E-state index is 0.304. The summed E-state index contributed by atoms with van der Waals surface area (Å²) in [5, 5.41) is 0. The summed E-state index contributed by atoms with van der Waals surface area (Å²) in [5.74, 6) is 0. The topological polar surface area (TPSA) is 80.5 Å². The van der Waals surface area contributed by atoms with Gasteiger partial charge in [0.15, 0.2) is 0 Å². The Balaban J connectivity index is 3.44. The molecule has 0 saturated carbocycles. The third-order valence-electron chi connectivity index (χ3n) is 0.881. The summed E-state index contributed by atoms with van der Waals surface area (Å²) in [6.45, 7) is 0. The van der Waals surface area contributed by atoms with E-state index in [1.54, 1.807) is 4.52 Å². The van der Waals surface area contributed by atoms with Gasteiger partial charge in [-0.15, -0.1) is 30.3 Å². The molecule has 6 nitrogen and oxygen atoms in total. The molecule has 96 valence electrons. The van der Waals surface area contributed by atoms with E-state index in [9.17, 15) is 29.4 Å². The van der Waals surface area contributed by atoms with Gasteiger partial charge in [0.05, 0.1) is 6.26 Å². The molecule has 0 aromatic heterocycles. The van der Waals surface area contributed by atoms with Crippen LogP contribution in [0.3, 0.4) is 0 Å². The van der Waals surface area contributed by atoms with Gasteiger partial charge in [0.25, 0.3) is 10.1 Å². The monoisotopic (exact) mass is 325 g/mol. The number of hydrogen-bond donors (Lipinski definition) is 0. The van der Waals surface area contributed by atoms with Crippen molar-refractivity contribution in [1.82, 2.24) is 0 Å². The van der Waals surface area contributed by atoms with Gasteiger partial charge < -0.3 is 0 Å². The second-order valence-electron chi connectivity index (χ2n) is 2.43. The van der Waals surface area contributed by atoms with Crippen LogP contribution in [0, 0.1) is 0 Å². The fraction of sp³-hybridized carbons (Fsp3) is 1.00. The lowest BCUT2D eigenvalue weighted by Crippen LogP contribution is -1.98. The van der Waals surface area contributed by atoms with Crippen LogP contribution in [0.2, 0.25) is 0 Å². The van der Waals surface area contributed by atoms with Gasteiger partial charge >= 0.3 is 23.4 Å². The zero-order chi connectivity index (χ0) is 12.8. The Morgan fingerprint density at radius 1 is 0.938 bits per heavy atom. The van der Waals surface area contributed by atoms with Crippen LogP contribution < -0.4 is 0 Å². The van der Waals surface area contributed by atoms with Gasteiger partial charge in [-0.2, -0.15) is 16.6 Å². The third kappa shape index (κ3) is 4.25. The molecule has 0 fully saturated rings. The summed E-state index contributed by atoms with van der Waals surface area (Å²) < 4.78 is 93.5. The Hall–Kier alpha value is 0.250. The van der Waals surface area contributed by atoms with E-state index in [2.05, 4.69) is 3.97 Å². The normalized spacial score (nSPS) is 32.1. The molecule has 0 radical (unpaired) electrons. The Kier molecular flexibility index (Phi) is 3.47. The van der Waals surface area contributed by atoms with Crippen molar-refractivity contribution in [1.29, 1.82) is 0 Å². The molecule has 0 aromatic rings. The maximum absolute atomic E-state index is 13.3. The van der Waals surface area contributed by atoms with E-state index in [0.29, 0.717) is 6.26 Å². The minimum Gasteiger partial charge on any atom is -0.199 e. The van der Waals surface area contributed by atoms with E-state index in [1.165, 1.54) is 0 Å². The lowest BCUT2D eigenvalue weighted by molar-refractivity contribution is 0.494. The van der Waals surface area contributed by atoms with Gasteiger partial charge in [-0.3, -0.25) is 0 Å². The highest BCUT2D eigenvalue weighted by atomic mass is 32.2. The molecule has 1 unspecified atom stereocenters. The van der Waals surface area contributed by atoms with Crippen molar-refractivity contribution in [3.05, 3.63) is 0 Å². The first-order valence-corrected chi connectivity index (χ1v) is 9.41. The molecule has 1 aliphatic rings. The first kappa shape index (κ1) is 14.3. The summed E-state index contributed by atoms with van der Waals surface area (Å²) in [6.07, 6.45) is 0.304. The van der Waals surface area contributed by atoms with Crippen LogP contribution in [-0.2, 0) is 14.1 Å². The number of rotatable bonds is 2. The van der Waals surface area contributed by atoms with Crippen molar-refractivity contribution >= 4 is 33.5 Å². The molecule has 1 atom stereocenters. The first-order valence-electron chi connectivity index (χ1n) is 3.14. The molecular formula is CH3F5N3O3P3S. The largest absolute Gasteiger partial charge is 0.425 e. The number of nitrogens with zero attached hydrogens (tertiary/aromatic N) is 3. The van der Waals surface area contributed by atoms with E-state index in [-0.39, 0.29) is 0 Å². The fourth-order valence-electron chi connectivity index (χ4n) is 0.651. The molecule has 16 heavy (non-hydrogen) atoms. The summed E-state index contributed by atoms with van der Waals surface area (Å²) in [7, 11) is -22.0. The zero-order valence-electron chi connectivity index (χ0n) is 7.21. The van der Waals surface area contributed by atoms with Crippen molar-refractivity contribution in [2.24, 2.45) is 13.5 Å². The maximum atomic E-state index is 13.3. The second-order valence-corrected chi connectivity index (χ2v) is 9.35. The van der Waals surface area contributed by atoms with Crippen molar-refractivity contribution in [2.45, 2.75) is 0 Å². The number of hydrogen-bond acceptors (Lipinski definition) is 6. The molecule has 1 aliphatic heterocycles. The van der Waals surface area contributed by atoms with E-state index < -0.39 is 33.5 Å². The fourth-order valence-corrected chi connectivity index (χ4v) is 7.36. The molecule has 0 amide bonds. The molecule has 0 aliphatic carbocycles. The van der Waals surface area contributed by atoms with Crippen LogP contribution in [-0.4, -0.2) is 14.7 Å². The summed E-state index contributed by atoms with van der Waals surface area (Å²) in [4.78, 5) is 0. The maximum Gasteiger partial charge on any atom is 0.425 e. The lowest BCUT2D eigenvalue weighted by atomic mass is 12.0. The van der Waals surface area contributed by atoms with Crippen LogP contribution >= 0.6 is 23.4 Å². The molecule has 0 N–H and O–H groups in total. The van der Waals surface area contributed by atoms with E-state index in [0.717, 1.165) is 0 Å². The highest BCUT2D eigenvalue weighted by Gasteiger charge is 2.41. The van der Waals surface area contributed by atoms with Gasteiger partial charge in [0.1, 0.15) is 0 Å². The average Bonchev–Trinajstić information content (AvgIpc) is 1.66. The SMILES string of the molecule is CS(=O)(=O)OP1(F)=NP(F)(F)=NP(F)(F)=N1. The summed E-state index contributed by atoms with van der Waals surface area (Å²) in [5.41, 5.74) is 0. The van der Waals surface area contributed by atoms with E-state index in [1.807, 2.05) is 9.03 Å². The van der Waals surface area contributed by atoms with Crippen LogP contribution in [0.4, 0.5) is 21.0 Å². The third-order valence-corrected chi connectivity index (χ3v) is 7.93. The van der Waals surface area contributed by atoms with E-state index >= 15 is 0 Å². The smallest absolute Gasteiger partial charge is 0.199 e. The standard InChI is InChI=1S/CH3F5N3O3P3S/c1-16(10,11)12-15(6)8-13(2,3)7-14(4,5)9-15/h1H3. The van der Waals surface area contributed by atoms with Crippen LogP contribution in [0.25, 0.3) is 0 Å². The van der Waals surface area contributed by atoms with Crippen molar-refractivity contribution in [2.75, 3.05) is 6.26 Å². The lowest BCUT2D eigenvalue weighted by Gasteiger charge is -2.14. The highest BCUT2D eigenvalue weighted by Crippen LogP contribution is 2.82. The zero-order valence-corrected chi connectivity index (χ0v) is 10.7. The molecule has 0 bridgehead atoms. The molecular weight excluding hydrogens is 322 g/mol. The quantitative estimate of drug-likeness (QED) is 0.547. The Morgan fingerprint density at radius 3 is 1.75 bits per heavy atom. The molecule has 0 aromatic carbocycles. The van der Waals surface area contributed by atoms with Crippen LogP contribution in [0.15, 0.2) is 13.5 Å². The van der Waals surface area contributed by atoms with Crippen molar-refractivity contribution < 1.29 is 33.4 Å². The Morgan fingerprint density at radius 2 is 1.38 bits per heavy atom. The second kappa shape index (κ2) is 3.88. The Labute approximate surface area is 87.3 Å². The van der Waals surface area contributed by atoms with Gasteiger partial charge in [-0.05, 0) is 0 Å². The molecule has 1 heterocycles. The van der Waals surface area contributed by atoms with Crippen molar-refractivity contribution in [3.8, 4) is 0 Å². The summed E-state index contributed by atoms with van der Waals surface area (Å²) >= 11 is 0. The van der Waals surface area contributed by atoms with Gasteiger partial charge in [-0.1, -0.05) is 0 Å². The molecule has 0 saturated heterocycles. The van der Waals surface area contributed by atoms with Gasteiger partial charge in [0.2, 0.25) is 0 Å². The predicted molar refractivity (Wildman–Crippen MR) is 49.5 cm³/mol. The number of halogens is 5. The van der Waals surface area contributed by atoms with E-state index in [4.69, 9.17) is 0 Å². The Bertz CT molecular complexity index is 561. The average molecular weight is 325 g/mol. The van der Waals surface area contributed by atoms with Crippen molar-refractivity contribution in [3.63, 3.8) is 0 Å². The molecule has 15 heteroatoms. The highest BCUT2D eigenvalue weighted by molar-refractivity contribution is 7.92. The molecule has 0 spiro atoms. The van der Waals surface area contributed by atoms with Crippen LogP contribution in [0.1, 0.15) is 0 Å². The van der Waals surface area contributed by atoms with Crippen LogP contribution in [0.5, 0.6) is 0 Å². The van der Waals surface area contributed by atoms with Gasteiger partial charge in [0, 0.05) is 0 Å².